The van der Waals surface area contributed by atoms with Crippen molar-refractivity contribution in [1.29, 1.82) is 0 Å². The van der Waals surface area contributed by atoms with Crippen molar-refractivity contribution >= 4 is 11.8 Å². The maximum atomic E-state index is 12.1. The Morgan fingerprint density at radius 3 is 2.75 bits per heavy atom. The van der Waals surface area contributed by atoms with Crippen molar-refractivity contribution in [2.75, 3.05) is 19.0 Å². The fourth-order valence-electron chi connectivity index (χ4n) is 1.78. The van der Waals surface area contributed by atoms with Crippen LogP contribution in [0, 0.1) is 0 Å². The Balaban J connectivity index is 2.48. The summed E-state index contributed by atoms with van der Waals surface area (Å²) in [6, 6.07) is 1.82. The molecular weight excluding hydrogens is 204 g/mol. The molecule has 0 radical (unpaired) electrons. The monoisotopic (exact) mass is 220 g/mol. The molecule has 1 aromatic rings. The summed E-state index contributed by atoms with van der Waals surface area (Å²) in [6.07, 6.45) is 1.72. The number of carbonyl (C=O) groups is 1. The van der Waals surface area contributed by atoms with Crippen LogP contribution >= 0.6 is 0 Å². The molecule has 0 unspecified atom stereocenters. The number of aromatic nitrogens is 2. The van der Waals surface area contributed by atoms with Crippen molar-refractivity contribution in [3.63, 3.8) is 0 Å². The normalized spacial score (nSPS) is 15.1. The second-order valence-electron chi connectivity index (χ2n) is 4.23. The lowest BCUT2D eigenvalue weighted by molar-refractivity contribution is 0.224. The van der Waals surface area contributed by atoms with Crippen LogP contribution in [0.2, 0.25) is 0 Å². The van der Waals surface area contributed by atoms with Gasteiger partial charge in [-0.25, -0.2) is 9.48 Å². The highest BCUT2D eigenvalue weighted by Gasteiger charge is 2.27. The largest absolute Gasteiger partial charge is 0.330 e. The second kappa shape index (κ2) is 3.66. The summed E-state index contributed by atoms with van der Waals surface area (Å²) in [5, 5.41) is 4.20. The quantitative estimate of drug-likeness (QED) is 0.667. The predicted octanol–water partition coefficient (Wildman–Crippen LogP) is 1.68. The third-order valence-corrected chi connectivity index (χ3v) is 2.84. The molecule has 0 aromatic carbocycles. The van der Waals surface area contributed by atoms with Crippen molar-refractivity contribution in [3.8, 4) is 0 Å². The van der Waals surface area contributed by atoms with E-state index in [-0.39, 0.29) is 6.03 Å². The van der Waals surface area contributed by atoms with Crippen LogP contribution < -0.4 is 4.90 Å². The molecule has 1 aliphatic rings. The highest BCUT2D eigenvalue weighted by atomic mass is 16.2. The molecule has 0 aliphatic carbocycles. The summed E-state index contributed by atoms with van der Waals surface area (Å²) in [7, 11) is 3.50. The van der Waals surface area contributed by atoms with Crippen LogP contribution in [-0.2, 0) is 6.54 Å². The minimum Gasteiger partial charge on any atom is -0.330 e. The Kier molecular flexibility index (Phi) is 2.46. The predicted molar refractivity (Wildman–Crippen MR) is 62.2 cm³/mol. The van der Waals surface area contributed by atoms with E-state index in [1.807, 2.05) is 24.6 Å². The van der Waals surface area contributed by atoms with Crippen molar-refractivity contribution < 1.29 is 4.79 Å². The number of urea groups is 1. The van der Waals surface area contributed by atoms with Gasteiger partial charge in [0.25, 0.3) is 0 Å². The number of allylic oxidation sites excluding steroid dienone is 2. The molecule has 1 aliphatic heterocycles. The lowest BCUT2D eigenvalue weighted by Crippen LogP contribution is -2.41. The van der Waals surface area contributed by atoms with Crippen LogP contribution in [0.25, 0.3) is 0 Å². The summed E-state index contributed by atoms with van der Waals surface area (Å²) < 4.78 is 1.84. The van der Waals surface area contributed by atoms with Gasteiger partial charge in [0.1, 0.15) is 5.82 Å². The van der Waals surface area contributed by atoms with Crippen LogP contribution in [0.15, 0.2) is 23.5 Å². The molecule has 5 heteroatoms. The van der Waals surface area contributed by atoms with E-state index in [4.69, 9.17) is 0 Å². The van der Waals surface area contributed by atoms with E-state index >= 15 is 0 Å². The van der Waals surface area contributed by atoms with Crippen molar-refractivity contribution in [3.05, 3.63) is 23.5 Å². The van der Waals surface area contributed by atoms with Gasteiger partial charge >= 0.3 is 6.03 Å². The number of carbonyl (C=O) groups excluding carboxylic acids is 1. The van der Waals surface area contributed by atoms with Gasteiger partial charge in [0, 0.05) is 25.9 Å². The Labute approximate surface area is 94.9 Å². The zero-order valence-corrected chi connectivity index (χ0v) is 10.1. The lowest BCUT2D eigenvalue weighted by atomic mass is 10.2. The molecule has 1 aromatic heterocycles. The maximum absolute atomic E-state index is 12.1. The zero-order valence-electron chi connectivity index (χ0n) is 10.1. The van der Waals surface area contributed by atoms with Crippen LogP contribution in [0.5, 0.6) is 0 Å². The standard InChI is InChI=1S/C11H16N4O/c1-8-7-14-10(5-6-12-14)15(9(8)2)11(16)13(3)4/h5-6H,7H2,1-4H3. The van der Waals surface area contributed by atoms with Gasteiger partial charge in [-0.15, -0.1) is 0 Å². The molecule has 2 amide bonds. The smallest absolute Gasteiger partial charge is 0.329 e. The van der Waals surface area contributed by atoms with Gasteiger partial charge in [-0.2, -0.15) is 5.10 Å². The number of hydrogen-bond acceptors (Lipinski definition) is 2. The molecule has 16 heavy (non-hydrogen) atoms. The van der Waals surface area contributed by atoms with Crippen LogP contribution in [-0.4, -0.2) is 34.8 Å². The topological polar surface area (TPSA) is 41.4 Å². The Bertz CT molecular complexity index is 458. The fraction of sp³-hybridized carbons (Fsp3) is 0.455. The summed E-state index contributed by atoms with van der Waals surface area (Å²) >= 11 is 0. The highest BCUT2D eigenvalue weighted by molar-refractivity contribution is 5.94. The molecule has 0 saturated carbocycles. The minimum absolute atomic E-state index is 0.0432. The Morgan fingerprint density at radius 1 is 1.44 bits per heavy atom. The van der Waals surface area contributed by atoms with Gasteiger partial charge in [-0.1, -0.05) is 0 Å². The number of anilines is 1. The van der Waals surface area contributed by atoms with Crippen molar-refractivity contribution in [2.45, 2.75) is 20.4 Å². The first-order chi connectivity index (χ1) is 7.52. The molecule has 0 bridgehead atoms. The molecular formula is C11H16N4O. The SMILES string of the molecule is CC1=C(C)N(C(=O)N(C)C)c2ccnn2C1. The van der Waals surface area contributed by atoms with Gasteiger partial charge in [0.05, 0.1) is 12.7 Å². The molecule has 0 saturated heterocycles. The molecule has 86 valence electrons. The summed E-state index contributed by atoms with van der Waals surface area (Å²) in [6.45, 7) is 4.74. The third-order valence-electron chi connectivity index (χ3n) is 2.84. The number of fused-ring (bicyclic) bond motifs is 1. The highest BCUT2D eigenvalue weighted by Crippen LogP contribution is 2.27. The van der Waals surface area contributed by atoms with Crippen molar-refractivity contribution in [2.24, 2.45) is 0 Å². The third kappa shape index (κ3) is 1.48. The molecule has 0 N–H and O–H groups in total. The molecule has 2 rings (SSSR count). The average molecular weight is 220 g/mol. The molecule has 2 heterocycles. The first-order valence-electron chi connectivity index (χ1n) is 5.22. The van der Waals surface area contributed by atoms with Crippen molar-refractivity contribution in [1.82, 2.24) is 14.7 Å². The summed E-state index contributed by atoms with van der Waals surface area (Å²) in [4.78, 5) is 15.4. The first-order valence-corrected chi connectivity index (χ1v) is 5.22. The van der Waals surface area contributed by atoms with E-state index in [0.717, 1.165) is 23.6 Å². The van der Waals surface area contributed by atoms with Crippen LogP contribution in [0.1, 0.15) is 13.8 Å². The van der Waals surface area contributed by atoms with Crippen LogP contribution in [0.4, 0.5) is 10.6 Å². The molecule has 0 fully saturated rings. The zero-order chi connectivity index (χ0) is 11.9. The van der Waals surface area contributed by atoms with Gasteiger partial charge in [0.2, 0.25) is 0 Å². The van der Waals surface area contributed by atoms with E-state index in [9.17, 15) is 4.79 Å². The van der Waals surface area contributed by atoms with Gasteiger partial charge in [-0.3, -0.25) is 4.90 Å². The number of amides is 2. The fourth-order valence-corrected chi connectivity index (χ4v) is 1.78. The number of rotatable bonds is 0. The maximum Gasteiger partial charge on any atom is 0.329 e. The molecule has 0 atom stereocenters. The minimum atomic E-state index is -0.0432. The van der Waals surface area contributed by atoms with E-state index in [1.165, 1.54) is 0 Å². The van der Waals surface area contributed by atoms with Gasteiger partial charge in [-0.05, 0) is 19.4 Å². The number of nitrogens with zero attached hydrogens (tertiary/aromatic N) is 4. The average Bonchev–Trinajstić information content (AvgIpc) is 2.66. The second-order valence-corrected chi connectivity index (χ2v) is 4.23. The van der Waals surface area contributed by atoms with E-state index in [2.05, 4.69) is 5.10 Å². The Hall–Kier alpha value is -1.78. The van der Waals surface area contributed by atoms with Crippen LogP contribution in [0.3, 0.4) is 0 Å². The summed E-state index contributed by atoms with van der Waals surface area (Å²) in [5.74, 6) is 0.835. The van der Waals surface area contributed by atoms with Gasteiger partial charge < -0.3 is 4.90 Å². The Morgan fingerprint density at radius 2 is 2.12 bits per heavy atom. The number of hydrogen-bond donors (Lipinski definition) is 0. The molecule has 0 spiro atoms. The van der Waals surface area contributed by atoms with E-state index < -0.39 is 0 Å². The molecule has 5 nitrogen and oxygen atoms in total. The first kappa shape index (κ1) is 10.7. The lowest BCUT2D eigenvalue weighted by Gasteiger charge is -2.31. The van der Waals surface area contributed by atoms with Gasteiger partial charge in [0.15, 0.2) is 0 Å². The summed E-state index contributed by atoms with van der Waals surface area (Å²) in [5.41, 5.74) is 2.15. The van der Waals surface area contributed by atoms with E-state index in [1.54, 1.807) is 30.1 Å². The van der Waals surface area contributed by atoms with E-state index in [0.29, 0.717) is 0 Å².